The third-order valence-corrected chi connectivity index (χ3v) is 3.59. The van der Waals surface area contributed by atoms with Crippen LogP contribution in [0.1, 0.15) is 36.2 Å². The predicted molar refractivity (Wildman–Crippen MR) is 88.7 cm³/mol. The SMILES string of the molecule is CSCC[C@@H](NC(=O)c1cccc(C)c1)C(=O)NC(C)C. The van der Waals surface area contributed by atoms with Crippen LogP contribution >= 0.6 is 11.8 Å². The van der Waals surface area contributed by atoms with Crippen molar-refractivity contribution in [2.75, 3.05) is 12.0 Å². The number of carbonyl (C=O) groups excluding carboxylic acids is 2. The smallest absolute Gasteiger partial charge is 0.251 e. The first-order valence-electron chi connectivity index (χ1n) is 7.11. The lowest BCUT2D eigenvalue weighted by atomic mass is 10.1. The summed E-state index contributed by atoms with van der Waals surface area (Å²) in [6, 6.07) is 6.93. The van der Waals surface area contributed by atoms with Crippen molar-refractivity contribution < 1.29 is 9.59 Å². The molecule has 0 saturated carbocycles. The van der Waals surface area contributed by atoms with E-state index in [1.807, 2.05) is 45.2 Å². The Morgan fingerprint density at radius 1 is 1.24 bits per heavy atom. The maximum Gasteiger partial charge on any atom is 0.251 e. The van der Waals surface area contributed by atoms with E-state index in [2.05, 4.69) is 10.6 Å². The molecule has 21 heavy (non-hydrogen) atoms. The van der Waals surface area contributed by atoms with Crippen LogP contribution < -0.4 is 10.6 Å². The van der Waals surface area contributed by atoms with Gasteiger partial charge in [0.05, 0.1) is 0 Å². The molecule has 0 aliphatic heterocycles. The molecule has 0 aliphatic carbocycles. The molecule has 2 amide bonds. The van der Waals surface area contributed by atoms with Gasteiger partial charge in [-0.25, -0.2) is 0 Å². The van der Waals surface area contributed by atoms with E-state index in [0.717, 1.165) is 11.3 Å². The van der Waals surface area contributed by atoms with E-state index in [4.69, 9.17) is 0 Å². The van der Waals surface area contributed by atoms with Crippen molar-refractivity contribution in [2.45, 2.75) is 39.3 Å². The van der Waals surface area contributed by atoms with Crippen LogP contribution in [0.3, 0.4) is 0 Å². The number of rotatable bonds is 7. The standard InChI is InChI=1S/C16H24N2O2S/c1-11(2)17-16(20)14(8-9-21-4)18-15(19)13-7-5-6-12(3)10-13/h5-7,10-11,14H,8-9H2,1-4H3,(H,17,20)(H,18,19)/t14-/m1/s1. The zero-order valence-corrected chi connectivity index (χ0v) is 13.9. The highest BCUT2D eigenvalue weighted by molar-refractivity contribution is 7.98. The first kappa shape index (κ1) is 17.6. The number of aryl methyl sites for hydroxylation is 1. The van der Waals surface area contributed by atoms with E-state index in [1.54, 1.807) is 17.8 Å². The third-order valence-electron chi connectivity index (χ3n) is 2.94. The molecule has 0 aromatic heterocycles. The minimum atomic E-state index is -0.493. The van der Waals surface area contributed by atoms with Crippen LogP contribution in [-0.4, -0.2) is 35.9 Å². The fourth-order valence-corrected chi connectivity index (χ4v) is 2.39. The fraction of sp³-hybridized carbons (Fsp3) is 0.500. The number of nitrogens with one attached hydrogen (secondary N) is 2. The Morgan fingerprint density at radius 2 is 1.95 bits per heavy atom. The molecule has 116 valence electrons. The molecule has 0 bridgehead atoms. The normalized spacial score (nSPS) is 12.0. The lowest BCUT2D eigenvalue weighted by Gasteiger charge is -2.19. The Morgan fingerprint density at radius 3 is 2.52 bits per heavy atom. The Labute approximate surface area is 131 Å². The summed E-state index contributed by atoms with van der Waals surface area (Å²) in [6.07, 6.45) is 2.61. The number of hydrogen-bond donors (Lipinski definition) is 2. The van der Waals surface area contributed by atoms with Crippen LogP contribution in [0.2, 0.25) is 0 Å². The summed E-state index contributed by atoms with van der Waals surface area (Å²) in [6.45, 7) is 5.76. The first-order valence-corrected chi connectivity index (χ1v) is 8.50. The summed E-state index contributed by atoms with van der Waals surface area (Å²) in [4.78, 5) is 24.4. The summed E-state index contributed by atoms with van der Waals surface area (Å²) in [5, 5.41) is 5.69. The molecule has 2 N–H and O–H groups in total. The van der Waals surface area contributed by atoms with Gasteiger partial charge in [-0.1, -0.05) is 17.7 Å². The lowest BCUT2D eigenvalue weighted by molar-refractivity contribution is -0.123. The van der Waals surface area contributed by atoms with Crippen LogP contribution in [-0.2, 0) is 4.79 Å². The highest BCUT2D eigenvalue weighted by Crippen LogP contribution is 2.06. The van der Waals surface area contributed by atoms with E-state index in [9.17, 15) is 9.59 Å². The third kappa shape index (κ3) is 6.21. The van der Waals surface area contributed by atoms with Crippen molar-refractivity contribution in [3.8, 4) is 0 Å². The average molecular weight is 308 g/mol. The summed E-state index contributed by atoms with van der Waals surface area (Å²) in [5.41, 5.74) is 1.61. The molecule has 0 aliphatic rings. The van der Waals surface area contributed by atoms with Crippen LogP contribution in [0.25, 0.3) is 0 Å². The summed E-state index contributed by atoms with van der Waals surface area (Å²) < 4.78 is 0. The Balaban J connectivity index is 2.75. The molecule has 0 saturated heterocycles. The summed E-state index contributed by atoms with van der Waals surface area (Å²) >= 11 is 1.66. The fourth-order valence-electron chi connectivity index (χ4n) is 1.92. The van der Waals surface area contributed by atoms with Gasteiger partial charge in [-0.3, -0.25) is 9.59 Å². The van der Waals surface area contributed by atoms with Crippen molar-refractivity contribution in [1.82, 2.24) is 10.6 Å². The van der Waals surface area contributed by atoms with E-state index >= 15 is 0 Å². The van der Waals surface area contributed by atoms with Gasteiger partial charge in [0.1, 0.15) is 6.04 Å². The number of carbonyl (C=O) groups is 2. The maximum atomic E-state index is 12.3. The second-order valence-corrected chi connectivity index (χ2v) is 6.33. The van der Waals surface area contributed by atoms with Crippen LogP contribution in [0.15, 0.2) is 24.3 Å². The van der Waals surface area contributed by atoms with Gasteiger partial charge in [0.15, 0.2) is 0 Å². The molecular weight excluding hydrogens is 284 g/mol. The molecule has 1 aromatic rings. The largest absolute Gasteiger partial charge is 0.352 e. The second-order valence-electron chi connectivity index (χ2n) is 5.34. The highest BCUT2D eigenvalue weighted by Gasteiger charge is 2.21. The Kier molecular flexibility index (Phi) is 7.29. The number of benzene rings is 1. The van der Waals surface area contributed by atoms with Crippen molar-refractivity contribution in [1.29, 1.82) is 0 Å². The molecule has 4 nitrogen and oxygen atoms in total. The summed E-state index contributed by atoms with van der Waals surface area (Å²) in [7, 11) is 0. The van der Waals surface area contributed by atoms with Crippen LogP contribution in [0.4, 0.5) is 0 Å². The van der Waals surface area contributed by atoms with Crippen LogP contribution in [0.5, 0.6) is 0 Å². The molecule has 0 unspecified atom stereocenters. The minimum Gasteiger partial charge on any atom is -0.352 e. The molecular formula is C16H24N2O2S. The van der Waals surface area contributed by atoms with Gasteiger partial charge in [-0.15, -0.1) is 0 Å². The first-order chi connectivity index (χ1) is 9.93. The van der Waals surface area contributed by atoms with Gasteiger partial charge in [-0.05, 0) is 51.3 Å². The van der Waals surface area contributed by atoms with Crippen molar-refractivity contribution >= 4 is 23.6 Å². The molecule has 0 spiro atoms. The van der Waals surface area contributed by atoms with Crippen LogP contribution in [0, 0.1) is 6.92 Å². The monoisotopic (exact) mass is 308 g/mol. The zero-order valence-electron chi connectivity index (χ0n) is 13.1. The van der Waals surface area contributed by atoms with E-state index < -0.39 is 6.04 Å². The highest BCUT2D eigenvalue weighted by atomic mass is 32.2. The van der Waals surface area contributed by atoms with Gasteiger partial charge in [0, 0.05) is 11.6 Å². The van der Waals surface area contributed by atoms with Crippen molar-refractivity contribution in [2.24, 2.45) is 0 Å². The Bertz CT molecular complexity index is 489. The Hall–Kier alpha value is -1.49. The second kappa shape index (κ2) is 8.72. The molecule has 1 aromatic carbocycles. The molecule has 1 atom stereocenters. The number of thioether (sulfide) groups is 1. The van der Waals surface area contributed by atoms with Crippen molar-refractivity contribution in [3.63, 3.8) is 0 Å². The maximum absolute atomic E-state index is 12.3. The average Bonchev–Trinajstić information content (AvgIpc) is 2.42. The molecule has 5 heteroatoms. The molecule has 1 rings (SSSR count). The van der Waals surface area contributed by atoms with E-state index in [1.165, 1.54) is 0 Å². The van der Waals surface area contributed by atoms with Gasteiger partial charge in [0.2, 0.25) is 5.91 Å². The minimum absolute atomic E-state index is 0.0603. The predicted octanol–water partition coefficient (Wildman–Crippen LogP) is 2.37. The zero-order chi connectivity index (χ0) is 15.8. The topological polar surface area (TPSA) is 58.2 Å². The number of hydrogen-bond acceptors (Lipinski definition) is 3. The van der Waals surface area contributed by atoms with Gasteiger partial charge >= 0.3 is 0 Å². The quantitative estimate of drug-likeness (QED) is 0.813. The molecule has 0 heterocycles. The molecule has 0 fully saturated rings. The van der Waals surface area contributed by atoms with Crippen molar-refractivity contribution in [3.05, 3.63) is 35.4 Å². The summed E-state index contributed by atoms with van der Waals surface area (Å²) in [5.74, 6) is 0.494. The van der Waals surface area contributed by atoms with E-state index in [-0.39, 0.29) is 17.9 Å². The van der Waals surface area contributed by atoms with Gasteiger partial charge in [-0.2, -0.15) is 11.8 Å². The van der Waals surface area contributed by atoms with Gasteiger partial charge in [0.25, 0.3) is 5.91 Å². The van der Waals surface area contributed by atoms with Gasteiger partial charge < -0.3 is 10.6 Å². The number of amides is 2. The molecule has 0 radical (unpaired) electrons. The lowest BCUT2D eigenvalue weighted by Crippen LogP contribution is -2.48. The van der Waals surface area contributed by atoms with E-state index in [0.29, 0.717) is 12.0 Å².